The van der Waals surface area contributed by atoms with Gasteiger partial charge in [-0.3, -0.25) is 0 Å². The summed E-state index contributed by atoms with van der Waals surface area (Å²) in [4.78, 5) is 12.4. The lowest BCUT2D eigenvalue weighted by atomic mass is 10.2. The van der Waals surface area contributed by atoms with Crippen molar-refractivity contribution in [2.24, 2.45) is 7.05 Å². The Morgan fingerprint density at radius 1 is 1.04 bits per heavy atom. The third kappa shape index (κ3) is 3.67. The smallest absolute Gasteiger partial charge is 0.321 e. The van der Waals surface area contributed by atoms with Gasteiger partial charge in [0.15, 0.2) is 0 Å². The van der Waals surface area contributed by atoms with Crippen LogP contribution < -0.4 is 4.74 Å². The summed E-state index contributed by atoms with van der Waals surface area (Å²) in [6.07, 6.45) is 10.9. The lowest BCUT2D eigenvalue weighted by Crippen LogP contribution is -1.90. The molecule has 1 aromatic carbocycles. The van der Waals surface area contributed by atoms with Crippen molar-refractivity contribution in [1.29, 1.82) is 0 Å². The summed E-state index contributed by atoms with van der Waals surface area (Å²) in [7, 11) is 1.97. The van der Waals surface area contributed by atoms with E-state index >= 15 is 0 Å². The summed E-state index contributed by atoms with van der Waals surface area (Å²) < 4.78 is 12.8. The first-order chi connectivity index (χ1) is 12.8. The average molecular weight is 345 g/mol. The van der Waals surface area contributed by atoms with Gasteiger partial charge in [0, 0.05) is 43.5 Å². The van der Waals surface area contributed by atoms with Crippen LogP contribution >= 0.6 is 0 Å². The van der Waals surface area contributed by atoms with Gasteiger partial charge in [0.2, 0.25) is 5.82 Å². The van der Waals surface area contributed by atoms with E-state index in [2.05, 4.69) is 20.1 Å². The molecule has 7 heteroatoms. The normalized spacial score (nSPS) is 11.1. The minimum Gasteiger partial charge on any atom is -0.424 e. The topological polar surface area (TPSA) is 78.9 Å². The molecule has 0 saturated heterocycles. The lowest BCUT2D eigenvalue weighted by Gasteiger charge is -2.03. The number of hydrogen-bond acceptors (Lipinski definition) is 6. The Morgan fingerprint density at radius 3 is 2.58 bits per heavy atom. The van der Waals surface area contributed by atoms with Gasteiger partial charge in [-0.05, 0) is 48.0 Å². The number of benzene rings is 1. The summed E-state index contributed by atoms with van der Waals surface area (Å²) in [5.41, 5.74) is 1.89. The molecule has 0 spiro atoms. The van der Waals surface area contributed by atoms with Crippen LogP contribution in [0.3, 0.4) is 0 Å². The van der Waals surface area contributed by atoms with Gasteiger partial charge in [0.25, 0.3) is 5.89 Å². The monoisotopic (exact) mass is 345 g/mol. The molecular formula is C19H15N5O2. The van der Waals surface area contributed by atoms with Crippen LogP contribution in [0.15, 0.2) is 65.7 Å². The first-order valence-corrected chi connectivity index (χ1v) is 7.95. The van der Waals surface area contributed by atoms with Crippen LogP contribution in [0.4, 0.5) is 0 Å². The fourth-order valence-electron chi connectivity index (χ4n) is 2.33. The molecule has 0 saturated carbocycles. The maximum Gasteiger partial charge on any atom is 0.321 e. The Morgan fingerprint density at radius 2 is 1.85 bits per heavy atom. The molecule has 0 unspecified atom stereocenters. The van der Waals surface area contributed by atoms with Crippen LogP contribution in [0.5, 0.6) is 11.8 Å². The summed E-state index contributed by atoms with van der Waals surface area (Å²) >= 11 is 0. The first-order valence-electron chi connectivity index (χ1n) is 7.95. The molecule has 128 valence electrons. The molecule has 0 aliphatic heterocycles. The predicted octanol–water partition coefficient (Wildman–Crippen LogP) is 3.83. The van der Waals surface area contributed by atoms with Crippen molar-refractivity contribution in [3.8, 4) is 23.1 Å². The van der Waals surface area contributed by atoms with Gasteiger partial charge in [-0.2, -0.15) is 4.98 Å². The summed E-state index contributed by atoms with van der Waals surface area (Å²) in [5.74, 6) is 1.59. The van der Waals surface area contributed by atoms with E-state index in [9.17, 15) is 0 Å². The largest absolute Gasteiger partial charge is 0.424 e. The van der Waals surface area contributed by atoms with E-state index in [1.165, 1.54) is 0 Å². The van der Waals surface area contributed by atoms with Crippen LogP contribution in [0.1, 0.15) is 11.5 Å². The zero-order chi connectivity index (χ0) is 17.8. The maximum absolute atomic E-state index is 5.56. The second-order valence-corrected chi connectivity index (χ2v) is 5.56. The molecule has 4 aromatic rings. The second-order valence-electron chi connectivity index (χ2n) is 5.56. The molecule has 0 atom stereocenters. The van der Waals surface area contributed by atoms with Crippen molar-refractivity contribution < 1.29 is 9.26 Å². The van der Waals surface area contributed by atoms with Gasteiger partial charge < -0.3 is 13.8 Å². The number of aryl methyl sites for hydroxylation is 1. The van der Waals surface area contributed by atoms with E-state index in [1.807, 2.05) is 60.4 Å². The molecule has 4 rings (SSSR count). The molecule has 0 aliphatic rings. The summed E-state index contributed by atoms with van der Waals surface area (Å²) in [5, 5.41) is 4.01. The molecule has 0 aliphatic carbocycles. The van der Waals surface area contributed by atoms with Crippen LogP contribution in [0.25, 0.3) is 23.5 Å². The van der Waals surface area contributed by atoms with E-state index in [0.29, 0.717) is 23.5 Å². The molecule has 3 heterocycles. The third-order valence-electron chi connectivity index (χ3n) is 3.58. The highest BCUT2D eigenvalue weighted by atomic mass is 16.5. The van der Waals surface area contributed by atoms with Crippen LogP contribution in [0, 0.1) is 0 Å². The van der Waals surface area contributed by atoms with Crippen molar-refractivity contribution in [1.82, 2.24) is 24.7 Å². The van der Waals surface area contributed by atoms with Gasteiger partial charge in [0.05, 0.1) is 0 Å². The number of nitrogens with zero attached hydrogens (tertiary/aromatic N) is 5. The quantitative estimate of drug-likeness (QED) is 0.547. The van der Waals surface area contributed by atoms with Crippen LogP contribution in [-0.2, 0) is 7.05 Å². The Kier molecular flexibility index (Phi) is 4.26. The molecule has 0 fully saturated rings. The number of hydrogen-bond donors (Lipinski definition) is 0. The fourth-order valence-corrected chi connectivity index (χ4v) is 2.33. The minimum atomic E-state index is 0.299. The first kappa shape index (κ1) is 15.8. The lowest BCUT2D eigenvalue weighted by molar-refractivity contribution is 0.411. The van der Waals surface area contributed by atoms with Crippen LogP contribution in [-0.4, -0.2) is 24.7 Å². The molecule has 7 nitrogen and oxygen atoms in total. The highest BCUT2D eigenvalue weighted by Crippen LogP contribution is 2.22. The third-order valence-corrected chi connectivity index (χ3v) is 3.58. The van der Waals surface area contributed by atoms with E-state index in [1.54, 1.807) is 24.5 Å². The van der Waals surface area contributed by atoms with Gasteiger partial charge in [-0.25, -0.2) is 9.97 Å². The summed E-state index contributed by atoms with van der Waals surface area (Å²) in [6, 6.07) is 11.4. The average Bonchev–Trinajstić information content (AvgIpc) is 3.30. The predicted molar refractivity (Wildman–Crippen MR) is 96.2 cm³/mol. The SMILES string of the molecule is Cn1ccc(/C=C/c2nc(-c3ccc(Oc4ncccn4)cc3)no2)c1. The van der Waals surface area contributed by atoms with E-state index in [0.717, 1.165) is 11.1 Å². The number of ether oxygens (including phenoxy) is 1. The van der Waals surface area contributed by atoms with Crippen molar-refractivity contribution >= 4 is 12.2 Å². The van der Waals surface area contributed by atoms with Crippen molar-refractivity contribution in [3.63, 3.8) is 0 Å². The van der Waals surface area contributed by atoms with Gasteiger partial charge in [0.1, 0.15) is 5.75 Å². The van der Waals surface area contributed by atoms with E-state index < -0.39 is 0 Å². The van der Waals surface area contributed by atoms with E-state index in [-0.39, 0.29) is 0 Å². The molecule has 0 N–H and O–H groups in total. The maximum atomic E-state index is 5.56. The van der Waals surface area contributed by atoms with Gasteiger partial charge in [-0.1, -0.05) is 5.16 Å². The molecule has 0 amide bonds. The van der Waals surface area contributed by atoms with Crippen molar-refractivity contribution in [2.45, 2.75) is 0 Å². The highest BCUT2D eigenvalue weighted by molar-refractivity contribution is 5.66. The van der Waals surface area contributed by atoms with Crippen molar-refractivity contribution in [2.75, 3.05) is 0 Å². The zero-order valence-electron chi connectivity index (χ0n) is 14.0. The van der Waals surface area contributed by atoms with Gasteiger partial charge >= 0.3 is 6.01 Å². The van der Waals surface area contributed by atoms with Crippen LogP contribution in [0.2, 0.25) is 0 Å². The Hall–Kier alpha value is -3.74. The fraction of sp³-hybridized carbons (Fsp3) is 0.0526. The van der Waals surface area contributed by atoms with E-state index in [4.69, 9.17) is 9.26 Å². The van der Waals surface area contributed by atoms with Crippen molar-refractivity contribution in [3.05, 3.63) is 72.6 Å². The Labute approximate surface area is 149 Å². The molecule has 0 bridgehead atoms. The zero-order valence-corrected chi connectivity index (χ0v) is 14.0. The molecular weight excluding hydrogens is 330 g/mol. The number of aromatic nitrogens is 5. The minimum absolute atomic E-state index is 0.299. The Bertz CT molecular complexity index is 1020. The molecule has 0 radical (unpaired) electrons. The second kappa shape index (κ2) is 7.02. The summed E-state index contributed by atoms with van der Waals surface area (Å²) in [6.45, 7) is 0. The Balaban J connectivity index is 1.46. The standard InChI is InChI=1S/C19H15N5O2/c1-24-12-9-14(13-24)3-8-17-22-18(23-26-17)15-4-6-16(7-5-15)25-19-20-10-2-11-21-19/h2-13H,1H3/b8-3+. The van der Waals surface area contributed by atoms with Gasteiger partial charge in [-0.15, -0.1) is 0 Å². The molecule has 3 aromatic heterocycles. The molecule has 26 heavy (non-hydrogen) atoms. The number of rotatable bonds is 5. The highest BCUT2D eigenvalue weighted by Gasteiger charge is 2.07.